The zero-order valence-corrected chi connectivity index (χ0v) is 10.0. The molecule has 0 unspecified atom stereocenters. The van der Waals surface area contributed by atoms with Gasteiger partial charge >= 0.3 is 0 Å². The molecule has 4 nitrogen and oxygen atoms in total. The number of anilines is 2. The average Bonchev–Trinajstić information content (AvgIpc) is 2.37. The Balaban J connectivity index is 2.23. The molecule has 0 spiro atoms. The standard InChI is InChI=1S/C14H15NO3/c1-2-9-3-5-10(6-4-9)15-11-7-12(16)14(18)13(17)8-11/h3-8,15-18H,2H2,1H3. The normalized spacial score (nSPS) is 10.3. The van der Waals surface area contributed by atoms with Crippen LogP contribution in [0, 0.1) is 0 Å². The zero-order chi connectivity index (χ0) is 13.1. The summed E-state index contributed by atoms with van der Waals surface area (Å²) in [6.45, 7) is 2.08. The molecule has 2 aromatic rings. The highest BCUT2D eigenvalue weighted by atomic mass is 16.3. The van der Waals surface area contributed by atoms with E-state index in [-0.39, 0.29) is 11.5 Å². The molecule has 0 fully saturated rings. The predicted octanol–water partition coefficient (Wildman–Crippen LogP) is 3.11. The summed E-state index contributed by atoms with van der Waals surface area (Å²) >= 11 is 0. The van der Waals surface area contributed by atoms with Gasteiger partial charge in [-0.3, -0.25) is 0 Å². The number of hydrogen-bond donors (Lipinski definition) is 4. The smallest absolute Gasteiger partial charge is 0.200 e. The zero-order valence-electron chi connectivity index (χ0n) is 10.0. The van der Waals surface area contributed by atoms with Crippen LogP contribution in [0.3, 0.4) is 0 Å². The first-order valence-electron chi connectivity index (χ1n) is 5.71. The molecule has 94 valence electrons. The maximum absolute atomic E-state index is 9.39. The van der Waals surface area contributed by atoms with Crippen molar-refractivity contribution in [3.05, 3.63) is 42.0 Å². The van der Waals surface area contributed by atoms with Gasteiger partial charge in [-0.15, -0.1) is 0 Å². The third-order valence-electron chi connectivity index (χ3n) is 2.72. The summed E-state index contributed by atoms with van der Waals surface area (Å²) in [5, 5.41) is 31.1. The number of benzene rings is 2. The Morgan fingerprint density at radius 1 is 0.889 bits per heavy atom. The molecule has 0 saturated heterocycles. The molecule has 4 heteroatoms. The van der Waals surface area contributed by atoms with Gasteiger partial charge < -0.3 is 20.6 Å². The van der Waals surface area contributed by atoms with Crippen LogP contribution >= 0.6 is 0 Å². The second-order valence-corrected chi connectivity index (χ2v) is 4.04. The minimum atomic E-state index is -0.512. The molecule has 18 heavy (non-hydrogen) atoms. The van der Waals surface area contributed by atoms with Crippen LogP contribution in [0.1, 0.15) is 12.5 Å². The Bertz CT molecular complexity index is 526. The van der Waals surface area contributed by atoms with Gasteiger partial charge in [0.2, 0.25) is 0 Å². The molecule has 0 aromatic heterocycles. The maximum atomic E-state index is 9.39. The minimum absolute atomic E-state index is 0.359. The molecule has 0 atom stereocenters. The van der Waals surface area contributed by atoms with Gasteiger partial charge in [0.1, 0.15) is 0 Å². The Morgan fingerprint density at radius 3 is 1.94 bits per heavy atom. The number of phenolic OH excluding ortho intramolecular Hbond substituents is 3. The van der Waals surface area contributed by atoms with E-state index in [2.05, 4.69) is 12.2 Å². The van der Waals surface area contributed by atoms with E-state index in [0.29, 0.717) is 5.69 Å². The largest absolute Gasteiger partial charge is 0.504 e. The van der Waals surface area contributed by atoms with Crippen molar-refractivity contribution < 1.29 is 15.3 Å². The van der Waals surface area contributed by atoms with Crippen LogP contribution in [0.5, 0.6) is 17.2 Å². The van der Waals surface area contributed by atoms with Crippen LogP contribution < -0.4 is 5.32 Å². The van der Waals surface area contributed by atoms with Gasteiger partial charge in [-0.25, -0.2) is 0 Å². The van der Waals surface area contributed by atoms with Crippen molar-refractivity contribution in [3.8, 4) is 17.2 Å². The summed E-state index contributed by atoms with van der Waals surface area (Å²) in [5.74, 6) is -1.23. The van der Waals surface area contributed by atoms with Crippen molar-refractivity contribution in [2.45, 2.75) is 13.3 Å². The quantitative estimate of drug-likeness (QED) is 0.495. The number of hydrogen-bond acceptors (Lipinski definition) is 4. The molecule has 2 aromatic carbocycles. The van der Waals surface area contributed by atoms with E-state index < -0.39 is 5.75 Å². The Labute approximate surface area is 105 Å². The average molecular weight is 245 g/mol. The molecule has 0 saturated carbocycles. The van der Waals surface area contributed by atoms with Gasteiger partial charge in [0.25, 0.3) is 0 Å². The predicted molar refractivity (Wildman–Crippen MR) is 70.5 cm³/mol. The van der Waals surface area contributed by atoms with Gasteiger partial charge in [0, 0.05) is 23.5 Å². The summed E-state index contributed by atoms with van der Waals surface area (Å²) in [7, 11) is 0. The molecular formula is C14H15NO3. The summed E-state index contributed by atoms with van der Waals surface area (Å²) in [5.41, 5.74) is 2.58. The SMILES string of the molecule is CCc1ccc(Nc2cc(O)c(O)c(O)c2)cc1. The summed E-state index contributed by atoms with van der Waals surface area (Å²) < 4.78 is 0. The first kappa shape index (κ1) is 12.1. The van der Waals surface area contributed by atoms with Gasteiger partial charge in [0.15, 0.2) is 17.2 Å². The van der Waals surface area contributed by atoms with Crippen LogP contribution in [-0.4, -0.2) is 15.3 Å². The van der Waals surface area contributed by atoms with E-state index in [4.69, 9.17) is 0 Å². The fourth-order valence-electron chi connectivity index (χ4n) is 1.67. The van der Waals surface area contributed by atoms with E-state index in [0.717, 1.165) is 12.1 Å². The highest BCUT2D eigenvalue weighted by molar-refractivity contribution is 5.67. The first-order chi connectivity index (χ1) is 8.60. The van der Waals surface area contributed by atoms with Gasteiger partial charge in [0.05, 0.1) is 0 Å². The lowest BCUT2D eigenvalue weighted by atomic mass is 10.1. The van der Waals surface area contributed by atoms with Gasteiger partial charge in [-0.2, -0.15) is 0 Å². The molecule has 0 aliphatic carbocycles. The molecule has 4 N–H and O–H groups in total. The van der Waals surface area contributed by atoms with Crippen LogP contribution in [0.25, 0.3) is 0 Å². The lowest BCUT2D eigenvalue weighted by Crippen LogP contribution is -1.90. The molecule has 0 amide bonds. The van der Waals surface area contributed by atoms with Crippen molar-refractivity contribution in [2.24, 2.45) is 0 Å². The molecule has 0 bridgehead atoms. The first-order valence-corrected chi connectivity index (χ1v) is 5.71. The third kappa shape index (κ3) is 2.48. The molecule has 0 aliphatic heterocycles. The van der Waals surface area contributed by atoms with Crippen molar-refractivity contribution in [2.75, 3.05) is 5.32 Å². The number of nitrogens with one attached hydrogen (secondary N) is 1. The maximum Gasteiger partial charge on any atom is 0.200 e. The Morgan fingerprint density at radius 2 is 1.44 bits per heavy atom. The fraction of sp³-hybridized carbons (Fsp3) is 0.143. The number of rotatable bonds is 3. The third-order valence-corrected chi connectivity index (χ3v) is 2.72. The minimum Gasteiger partial charge on any atom is -0.504 e. The van der Waals surface area contributed by atoms with Crippen LogP contribution in [0.4, 0.5) is 11.4 Å². The molecule has 0 aliphatic rings. The number of aromatic hydroxyl groups is 3. The van der Waals surface area contributed by atoms with E-state index >= 15 is 0 Å². The summed E-state index contributed by atoms with van der Waals surface area (Å²) in [4.78, 5) is 0. The second-order valence-electron chi connectivity index (χ2n) is 4.04. The van der Waals surface area contributed by atoms with Crippen molar-refractivity contribution in [3.63, 3.8) is 0 Å². The summed E-state index contributed by atoms with van der Waals surface area (Å²) in [6, 6.07) is 10.5. The molecule has 0 heterocycles. The molecule has 2 rings (SSSR count). The fourth-order valence-corrected chi connectivity index (χ4v) is 1.67. The van der Waals surface area contributed by atoms with Crippen LogP contribution in [-0.2, 0) is 6.42 Å². The lowest BCUT2D eigenvalue weighted by molar-refractivity contribution is 0.368. The van der Waals surface area contributed by atoms with E-state index in [1.807, 2.05) is 24.3 Å². The van der Waals surface area contributed by atoms with Crippen molar-refractivity contribution >= 4 is 11.4 Å². The van der Waals surface area contributed by atoms with E-state index in [1.54, 1.807) is 0 Å². The number of aryl methyl sites for hydroxylation is 1. The molecule has 0 radical (unpaired) electrons. The number of phenols is 3. The highest BCUT2D eigenvalue weighted by Gasteiger charge is 2.07. The van der Waals surface area contributed by atoms with Crippen molar-refractivity contribution in [1.82, 2.24) is 0 Å². The topological polar surface area (TPSA) is 72.7 Å². The van der Waals surface area contributed by atoms with E-state index in [1.165, 1.54) is 17.7 Å². The van der Waals surface area contributed by atoms with Gasteiger partial charge in [-0.1, -0.05) is 19.1 Å². The lowest BCUT2D eigenvalue weighted by Gasteiger charge is -2.09. The van der Waals surface area contributed by atoms with Crippen molar-refractivity contribution in [1.29, 1.82) is 0 Å². The van der Waals surface area contributed by atoms with E-state index in [9.17, 15) is 15.3 Å². The summed E-state index contributed by atoms with van der Waals surface area (Å²) in [6.07, 6.45) is 0.973. The van der Waals surface area contributed by atoms with Gasteiger partial charge in [-0.05, 0) is 24.1 Å². The monoisotopic (exact) mass is 245 g/mol. The van der Waals surface area contributed by atoms with Crippen LogP contribution in [0.2, 0.25) is 0 Å². The second kappa shape index (κ2) is 4.87. The molecular weight excluding hydrogens is 230 g/mol. The Kier molecular flexibility index (Phi) is 3.28. The highest BCUT2D eigenvalue weighted by Crippen LogP contribution is 2.38. The van der Waals surface area contributed by atoms with Crippen LogP contribution in [0.15, 0.2) is 36.4 Å². The Hall–Kier alpha value is -2.36.